The Kier molecular flexibility index (Phi) is 3.54. The van der Waals surface area contributed by atoms with Crippen molar-refractivity contribution in [2.24, 2.45) is 0 Å². The van der Waals surface area contributed by atoms with Gasteiger partial charge in [0.25, 0.3) is 0 Å². The molecule has 0 spiro atoms. The molecule has 1 heterocycles. The summed E-state index contributed by atoms with van der Waals surface area (Å²) in [6, 6.07) is -1.21. The molecule has 0 radical (unpaired) electrons. The third-order valence-corrected chi connectivity index (χ3v) is 2.01. The van der Waals surface area contributed by atoms with E-state index in [2.05, 4.69) is 0 Å². The number of ether oxygens (including phenoxy) is 2. The molecular formula is C10H17NO5. The number of hydrogen-bond acceptors (Lipinski definition) is 6. The van der Waals surface area contributed by atoms with Crippen LogP contribution in [0.4, 0.5) is 0 Å². The van der Waals surface area contributed by atoms with Gasteiger partial charge >= 0.3 is 11.9 Å². The van der Waals surface area contributed by atoms with Gasteiger partial charge in [-0.3, -0.25) is 9.59 Å². The maximum atomic E-state index is 11.5. The molecule has 16 heavy (non-hydrogen) atoms. The van der Waals surface area contributed by atoms with Crippen LogP contribution in [0, 0.1) is 0 Å². The van der Waals surface area contributed by atoms with Gasteiger partial charge in [-0.05, 0) is 20.8 Å². The summed E-state index contributed by atoms with van der Waals surface area (Å²) in [6.07, 6.45) is 0. The van der Waals surface area contributed by atoms with E-state index in [1.54, 1.807) is 20.8 Å². The average Bonchev–Trinajstić information content (AvgIpc) is 2.69. The first-order valence-electron chi connectivity index (χ1n) is 5.06. The second kappa shape index (κ2) is 4.39. The van der Waals surface area contributed by atoms with Crippen molar-refractivity contribution in [3.05, 3.63) is 0 Å². The highest BCUT2D eigenvalue weighted by molar-refractivity contribution is 5.80. The third kappa shape index (κ3) is 3.46. The van der Waals surface area contributed by atoms with Crippen LogP contribution >= 0.6 is 0 Å². The fraction of sp³-hybridized carbons (Fsp3) is 0.800. The van der Waals surface area contributed by atoms with Gasteiger partial charge in [-0.15, -0.1) is 0 Å². The Morgan fingerprint density at radius 2 is 1.94 bits per heavy atom. The van der Waals surface area contributed by atoms with Crippen molar-refractivity contribution < 1.29 is 24.3 Å². The van der Waals surface area contributed by atoms with E-state index in [-0.39, 0.29) is 6.61 Å². The van der Waals surface area contributed by atoms with Crippen molar-refractivity contribution in [3.63, 3.8) is 0 Å². The molecule has 1 fully saturated rings. The number of hydrogen-bond donors (Lipinski definition) is 1. The number of esters is 2. The normalized spacial score (nSPS) is 28.4. The van der Waals surface area contributed by atoms with Crippen molar-refractivity contribution in [1.29, 1.82) is 0 Å². The van der Waals surface area contributed by atoms with Crippen molar-refractivity contribution >= 4 is 11.9 Å². The maximum absolute atomic E-state index is 11.5. The zero-order valence-corrected chi connectivity index (χ0v) is 9.89. The van der Waals surface area contributed by atoms with Crippen molar-refractivity contribution in [2.45, 2.75) is 45.4 Å². The molecule has 1 unspecified atom stereocenters. The minimum atomic E-state index is -0.724. The lowest BCUT2D eigenvalue weighted by Crippen LogP contribution is -2.28. The summed E-state index contributed by atoms with van der Waals surface area (Å²) in [7, 11) is 0. The van der Waals surface area contributed by atoms with Gasteiger partial charge in [-0.2, -0.15) is 5.06 Å². The molecular weight excluding hydrogens is 214 g/mol. The Labute approximate surface area is 94.1 Å². The summed E-state index contributed by atoms with van der Waals surface area (Å²) in [5.74, 6) is -0.949. The maximum Gasteiger partial charge on any atom is 0.328 e. The van der Waals surface area contributed by atoms with E-state index < -0.39 is 29.6 Å². The molecule has 0 aromatic rings. The Hall–Kier alpha value is -1.14. The second-order valence-electron chi connectivity index (χ2n) is 4.73. The SMILES string of the molecule is CC(=O)OC[C@@H]1[C@H](C(=O)OC(C)(C)C)N1O. The molecule has 0 saturated carbocycles. The van der Waals surface area contributed by atoms with Gasteiger partial charge in [0, 0.05) is 6.92 Å². The molecule has 1 aliphatic heterocycles. The van der Waals surface area contributed by atoms with Gasteiger partial charge in [-0.1, -0.05) is 0 Å². The summed E-state index contributed by atoms with van der Waals surface area (Å²) in [6.45, 7) is 6.50. The molecule has 1 aliphatic rings. The van der Waals surface area contributed by atoms with Crippen LogP contribution in [0.5, 0.6) is 0 Å². The lowest BCUT2D eigenvalue weighted by Gasteiger charge is -2.19. The summed E-state index contributed by atoms with van der Waals surface area (Å²) >= 11 is 0. The Morgan fingerprint density at radius 1 is 1.38 bits per heavy atom. The van der Waals surface area contributed by atoms with E-state index in [4.69, 9.17) is 9.47 Å². The molecule has 0 bridgehead atoms. The van der Waals surface area contributed by atoms with E-state index >= 15 is 0 Å². The van der Waals surface area contributed by atoms with Crippen molar-refractivity contribution in [2.75, 3.05) is 6.61 Å². The number of carbonyl (C=O) groups excluding carboxylic acids is 2. The highest BCUT2D eigenvalue weighted by atomic mass is 16.6. The number of rotatable bonds is 3. The fourth-order valence-electron chi connectivity index (χ4n) is 1.26. The first-order chi connectivity index (χ1) is 7.22. The predicted molar refractivity (Wildman–Crippen MR) is 53.7 cm³/mol. The number of nitrogens with zero attached hydrogens (tertiary/aromatic N) is 1. The predicted octanol–water partition coefficient (Wildman–Crippen LogP) is 0.333. The van der Waals surface area contributed by atoms with Crippen LogP contribution in [-0.2, 0) is 19.1 Å². The van der Waals surface area contributed by atoms with Crippen LogP contribution in [-0.4, -0.2) is 46.5 Å². The van der Waals surface area contributed by atoms with Crippen molar-refractivity contribution in [3.8, 4) is 0 Å². The van der Waals surface area contributed by atoms with E-state index in [9.17, 15) is 14.8 Å². The minimum absolute atomic E-state index is 0.00422. The molecule has 92 valence electrons. The highest BCUT2D eigenvalue weighted by Crippen LogP contribution is 2.28. The monoisotopic (exact) mass is 231 g/mol. The van der Waals surface area contributed by atoms with Gasteiger partial charge in [0.05, 0.1) is 6.04 Å². The van der Waals surface area contributed by atoms with Gasteiger partial charge in [0.2, 0.25) is 0 Å². The summed E-state index contributed by atoms with van der Waals surface area (Å²) < 4.78 is 9.79. The van der Waals surface area contributed by atoms with Crippen LogP contribution in [0.2, 0.25) is 0 Å². The number of hydroxylamine groups is 2. The average molecular weight is 231 g/mol. The van der Waals surface area contributed by atoms with E-state index in [1.165, 1.54) is 6.92 Å². The first kappa shape index (κ1) is 12.9. The van der Waals surface area contributed by atoms with E-state index in [0.717, 1.165) is 5.06 Å². The number of carbonyl (C=O) groups is 2. The molecule has 3 atom stereocenters. The van der Waals surface area contributed by atoms with Crippen LogP contribution < -0.4 is 0 Å². The summed E-state index contributed by atoms with van der Waals surface area (Å²) in [4.78, 5) is 22.1. The van der Waals surface area contributed by atoms with Crippen LogP contribution in [0.15, 0.2) is 0 Å². The topological polar surface area (TPSA) is 75.8 Å². The third-order valence-electron chi connectivity index (χ3n) is 2.01. The Morgan fingerprint density at radius 3 is 2.38 bits per heavy atom. The summed E-state index contributed by atoms with van der Waals surface area (Å²) in [5, 5.41) is 10.1. The molecule has 0 aromatic heterocycles. The molecule has 1 rings (SSSR count). The molecule has 6 heteroatoms. The van der Waals surface area contributed by atoms with Gasteiger partial charge in [0.15, 0.2) is 6.04 Å². The molecule has 0 aliphatic carbocycles. The molecule has 6 nitrogen and oxygen atoms in total. The molecule has 1 saturated heterocycles. The fourth-order valence-corrected chi connectivity index (χ4v) is 1.26. The Bertz CT molecular complexity index is 296. The van der Waals surface area contributed by atoms with Gasteiger partial charge < -0.3 is 14.7 Å². The minimum Gasteiger partial charge on any atom is -0.464 e. The van der Waals surface area contributed by atoms with E-state index in [1.807, 2.05) is 0 Å². The van der Waals surface area contributed by atoms with Crippen LogP contribution in [0.25, 0.3) is 0 Å². The van der Waals surface area contributed by atoms with Gasteiger partial charge in [-0.25, -0.2) is 0 Å². The van der Waals surface area contributed by atoms with Crippen molar-refractivity contribution in [1.82, 2.24) is 5.06 Å². The largest absolute Gasteiger partial charge is 0.464 e. The zero-order chi connectivity index (χ0) is 12.5. The van der Waals surface area contributed by atoms with Crippen LogP contribution in [0.3, 0.4) is 0 Å². The second-order valence-corrected chi connectivity index (χ2v) is 4.73. The van der Waals surface area contributed by atoms with E-state index in [0.29, 0.717) is 0 Å². The summed E-state index contributed by atoms with van der Waals surface area (Å²) in [5.41, 5.74) is -0.591. The lowest BCUT2D eigenvalue weighted by molar-refractivity contribution is -0.158. The zero-order valence-electron chi connectivity index (χ0n) is 9.89. The first-order valence-corrected chi connectivity index (χ1v) is 5.06. The quantitative estimate of drug-likeness (QED) is 0.557. The van der Waals surface area contributed by atoms with Crippen LogP contribution in [0.1, 0.15) is 27.7 Å². The standard InChI is InChI=1S/C10H17NO5/c1-6(12)15-5-7-8(11(7)14)9(13)16-10(2,3)4/h7-8,14H,5H2,1-4H3/t7-,8-,11?/m1/s1. The lowest BCUT2D eigenvalue weighted by atomic mass is 10.2. The molecule has 0 aromatic carbocycles. The smallest absolute Gasteiger partial charge is 0.328 e. The Balaban J connectivity index is 2.40. The highest BCUT2D eigenvalue weighted by Gasteiger charge is 2.55. The van der Waals surface area contributed by atoms with Gasteiger partial charge in [0.1, 0.15) is 12.2 Å². The molecule has 0 amide bonds. The molecule has 1 N–H and O–H groups in total.